The molecule has 2 rings (SSSR count). The highest BCUT2D eigenvalue weighted by atomic mass is 127. The molecule has 1 saturated carbocycles. The van der Waals surface area contributed by atoms with Crippen LogP contribution in [0, 0.1) is 19.6 Å². The summed E-state index contributed by atoms with van der Waals surface area (Å²) in [6, 6.07) is 4.97. The Kier molecular flexibility index (Phi) is 4.79. The number of rotatable bonds is 4. The lowest BCUT2D eigenvalue weighted by Gasteiger charge is -2.28. The molecule has 1 fully saturated rings. The van der Waals surface area contributed by atoms with E-state index in [0.717, 1.165) is 16.4 Å². The number of carbonyl (C=O) groups is 1. The van der Waals surface area contributed by atoms with Gasteiger partial charge in [-0.1, -0.05) is 6.42 Å². The fourth-order valence-electron chi connectivity index (χ4n) is 2.54. The average Bonchev–Trinajstić information content (AvgIpc) is 2.41. The van der Waals surface area contributed by atoms with Crippen LogP contribution in [0.2, 0.25) is 0 Å². The lowest BCUT2D eigenvalue weighted by atomic mass is 9.85. The number of nitro benzene ring substituents is 1. The van der Waals surface area contributed by atoms with Crippen LogP contribution in [0.4, 0.5) is 11.4 Å². The van der Waals surface area contributed by atoms with E-state index in [-0.39, 0.29) is 17.6 Å². The molecule has 1 aromatic carbocycles. The molecule has 0 heterocycles. The van der Waals surface area contributed by atoms with Gasteiger partial charge >= 0.3 is 5.97 Å². The van der Waals surface area contributed by atoms with Crippen LogP contribution in [0.15, 0.2) is 18.2 Å². The Labute approximate surface area is 129 Å². The molecule has 1 aliphatic carbocycles. The smallest absolute Gasteiger partial charge is 0.306 e. The van der Waals surface area contributed by atoms with E-state index in [0.29, 0.717) is 18.5 Å². The standard InChI is InChI=1S/C13H15IN2O4/c14-9-4-5-11(12(7-9)16(19)20)15-10-3-1-2-8(6-10)13(17)18/h4-5,7-8,10,15H,1-3,6H2,(H,17,18). The van der Waals surface area contributed by atoms with E-state index in [2.05, 4.69) is 5.32 Å². The van der Waals surface area contributed by atoms with Crippen LogP contribution in [0.3, 0.4) is 0 Å². The Morgan fingerprint density at radius 1 is 1.45 bits per heavy atom. The van der Waals surface area contributed by atoms with Crippen molar-refractivity contribution in [1.82, 2.24) is 0 Å². The molecular weight excluding hydrogens is 375 g/mol. The summed E-state index contributed by atoms with van der Waals surface area (Å²) < 4.78 is 0.798. The highest BCUT2D eigenvalue weighted by molar-refractivity contribution is 14.1. The minimum absolute atomic E-state index is 0.0244. The number of carboxylic acids is 1. The van der Waals surface area contributed by atoms with Crippen molar-refractivity contribution in [2.75, 3.05) is 5.32 Å². The molecule has 0 bridgehead atoms. The quantitative estimate of drug-likeness (QED) is 0.468. The summed E-state index contributed by atoms with van der Waals surface area (Å²) in [7, 11) is 0. The maximum absolute atomic E-state index is 11.1. The fraction of sp³-hybridized carbons (Fsp3) is 0.462. The third-order valence-electron chi connectivity index (χ3n) is 3.54. The lowest BCUT2D eigenvalue weighted by Crippen LogP contribution is -2.31. The first-order valence-electron chi connectivity index (χ1n) is 6.40. The molecule has 6 nitrogen and oxygen atoms in total. The van der Waals surface area contributed by atoms with Gasteiger partial charge in [-0.05, 0) is 54.0 Å². The number of anilines is 1. The minimum Gasteiger partial charge on any atom is -0.481 e. The summed E-state index contributed by atoms with van der Waals surface area (Å²) in [5.74, 6) is -1.14. The summed E-state index contributed by atoms with van der Waals surface area (Å²) in [6.45, 7) is 0. The first-order valence-corrected chi connectivity index (χ1v) is 7.48. The molecule has 7 heteroatoms. The van der Waals surface area contributed by atoms with Crippen LogP contribution >= 0.6 is 22.6 Å². The number of carboxylic acid groups (broad SMARTS) is 1. The third kappa shape index (κ3) is 3.59. The van der Waals surface area contributed by atoms with Crippen LogP contribution in [-0.4, -0.2) is 22.0 Å². The van der Waals surface area contributed by atoms with Gasteiger partial charge in [0, 0.05) is 15.7 Å². The van der Waals surface area contributed by atoms with E-state index in [1.807, 2.05) is 22.6 Å². The molecule has 108 valence electrons. The third-order valence-corrected chi connectivity index (χ3v) is 4.21. The van der Waals surface area contributed by atoms with E-state index >= 15 is 0 Å². The SMILES string of the molecule is O=C(O)C1CCCC(Nc2ccc(I)cc2[N+](=O)[O-])C1. The molecule has 2 atom stereocenters. The van der Waals surface area contributed by atoms with Crippen LogP contribution in [-0.2, 0) is 4.79 Å². The molecule has 20 heavy (non-hydrogen) atoms. The summed E-state index contributed by atoms with van der Waals surface area (Å²) in [5.41, 5.74) is 0.501. The number of nitrogens with zero attached hydrogens (tertiary/aromatic N) is 1. The van der Waals surface area contributed by atoms with E-state index in [1.165, 1.54) is 6.07 Å². The summed E-state index contributed by atoms with van der Waals surface area (Å²) in [6.07, 6.45) is 2.86. The zero-order valence-electron chi connectivity index (χ0n) is 10.7. The Bertz CT molecular complexity index is 535. The van der Waals surface area contributed by atoms with Gasteiger partial charge < -0.3 is 10.4 Å². The molecule has 1 aromatic rings. The molecule has 0 aromatic heterocycles. The van der Waals surface area contributed by atoms with E-state index < -0.39 is 10.9 Å². The van der Waals surface area contributed by atoms with E-state index in [9.17, 15) is 14.9 Å². The maximum Gasteiger partial charge on any atom is 0.306 e. The second-order valence-corrected chi connectivity index (χ2v) is 6.21. The van der Waals surface area contributed by atoms with Gasteiger partial charge in [0.05, 0.1) is 10.8 Å². The Balaban J connectivity index is 2.13. The van der Waals surface area contributed by atoms with Gasteiger partial charge in [-0.2, -0.15) is 0 Å². The predicted octanol–water partition coefficient (Wildman–Crippen LogP) is 3.25. The van der Waals surface area contributed by atoms with Crippen molar-refractivity contribution in [1.29, 1.82) is 0 Å². The van der Waals surface area contributed by atoms with Crippen LogP contribution < -0.4 is 5.32 Å². The molecule has 2 unspecified atom stereocenters. The second kappa shape index (κ2) is 6.38. The molecule has 0 radical (unpaired) electrons. The highest BCUT2D eigenvalue weighted by Crippen LogP contribution is 2.31. The van der Waals surface area contributed by atoms with Gasteiger partial charge in [0.2, 0.25) is 0 Å². The van der Waals surface area contributed by atoms with Crippen LogP contribution in [0.25, 0.3) is 0 Å². The first-order chi connectivity index (χ1) is 9.47. The minimum atomic E-state index is -0.784. The summed E-state index contributed by atoms with van der Waals surface area (Å²) in [5, 5.41) is 23.3. The molecular formula is C13H15IN2O4. The normalized spacial score (nSPS) is 22.2. The summed E-state index contributed by atoms with van der Waals surface area (Å²) >= 11 is 2.03. The van der Waals surface area contributed by atoms with Crippen LogP contribution in [0.5, 0.6) is 0 Å². The Morgan fingerprint density at radius 2 is 2.20 bits per heavy atom. The second-order valence-electron chi connectivity index (χ2n) is 4.96. The Morgan fingerprint density at radius 3 is 2.85 bits per heavy atom. The number of nitro groups is 1. The largest absolute Gasteiger partial charge is 0.481 e. The topological polar surface area (TPSA) is 92.5 Å². The van der Waals surface area contributed by atoms with Crippen LogP contribution in [0.1, 0.15) is 25.7 Å². The monoisotopic (exact) mass is 390 g/mol. The van der Waals surface area contributed by atoms with Gasteiger partial charge in [0.15, 0.2) is 0 Å². The van der Waals surface area contributed by atoms with Crippen molar-refractivity contribution >= 4 is 39.9 Å². The number of halogens is 1. The first kappa shape index (κ1) is 15.0. The van der Waals surface area contributed by atoms with Crippen molar-refractivity contribution < 1.29 is 14.8 Å². The lowest BCUT2D eigenvalue weighted by molar-refractivity contribution is -0.384. The number of hydrogen-bond donors (Lipinski definition) is 2. The number of benzene rings is 1. The van der Waals surface area contributed by atoms with Crippen molar-refractivity contribution in [3.8, 4) is 0 Å². The van der Waals surface area contributed by atoms with Gasteiger partial charge in [-0.3, -0.25) is 14.9 Å². The Hall–Kier alpha value is -1.38. The maximum atomic E-state index is 11.1. The van der Waals surface area contributed by atoms with E-state index in [1.54, 1.807) is 12.1 Å². The highest BCUT2D eigenvalue weighted by Gasteiger charge is 2.28. The van der Waals surface area contributed by atoms with Crippen molar-refractivity contribution in [2.24, 2.45) is 5.92 Å². The van der Waals surface area contributed by atoms with Crippen molar-refractivity contribution in [3.05, 3.63) is 31.9 Å². The number of nitrogens with one attached hydrogen (secondary N) is 1. The molecule has 2 N–H and O–H groups in total. The number of hydrogen-bond acceptors (Lipinski definition) is 4. The molecule has 0 saturated heterocycles. The average molecular weight is 390 g/mol. The van der Waals surface area contributed by atoms with Crippen molar-refractivity contribution in [3.63, 3.8) is 0 Å². The number of aliphatic carboxylic acids is 1. The zero-order valence-corrected chi connectivity index (χ0v) is 12.9. The van der Waals surface area contributed by atoms with Crippen molar-refractivity contribution in [2.45, 2.75) is 31.7 Å². The molecule has 0 amide bonds. The van der Waals surface area contributed by atoms with Gasteiger partial charge in [-0.25, -0.2) is 0 Å². The molecule has 0 spiro atoms. The van der Waals surface area contributed by atoms with Gasteiger partial charge in [-0.15, -0.1) is 0 Å². The van der Waals surface area contributed by atoms with Gasteiger partial charge in [0.1, 0.15) is 5.69 Å². The van der Waals surface area contributed by atoms with Gasteiger partial charge in [0.25, 0.3) is 5.69 Å². The predicted molar refractivity (Wildman–Crippen MR) is 82.8 cm³/mol. The summed E-state index contributed by atoms with van der Waals surface area (Å²) in [4.78, 5) is 21.7. The molecule has 0 aliphatic heterocycles. The zero-order chi connectivity index (χ0) is 14.7. The van der Waals surface area contributed by atoms with E-state index in [4.69, 9.17) is 5.11 Å². The fourth-order valence-corrected chi connectivity index (χ4v) is 3.02. The molecule has 1 aliphatic rings.